The Hall–Kier alpha value is 0.260. The van der Waals surface area contributed by atoms with Gasteiger partial charge >= 0.3 is 0 Å². The van der Waals surface area contributed by atoms with Crippen molar-refractivity contribution >= 4 is 39.3 Å². The van der Waals surface area contributed by atoms with Gasteiger partial charge in [0.25, 0.3) is 0 Å². The predicted octanol–water partition coefficient (Wildman–Crippen LogP) is 4.01. The average Bonchev–Trinajstić information content (AvgIpc) is 2.42. The Morgan fingerprint density at radius 2 is 2.16 bits per heavy atom. The van der Waals surface area contributed by atoms with Crippen LogP contribution in [-0.4, -0.2) is 17.5 Å². The van der Waals surface area contributed by atoms with Crippen LogP contribution in [0.15, 0.2) is 22.7 Å². The predicted molar refractivity (Wildman–Crippen MR) is 88.6 cm³/mol. The SMILES string of the molecule is NNC(Cc1ccc(Br)cc1Cl)CC1CCSCC1. The highest BCUT2D eigenvalue weighted by Crippen LogP contribution is 2.28. The molecule has 106 valence electrons. The molecule has 5 heteroatoms. The van der Waals surface area contributed by atoms with E-state index in [4.69, 9.17) is 17.4 Å². The number of hydrogen-bond donors (Lipinski definition) is 2. The molecule has 0 saturated carbocycles. The van der Waals surface area contributed by atoms with E-state index in [9.17, 15) is 0 Å². The molecule has 2 rings (SSSR count). The summed E-state index contributed by atoms with van der Waals surface area (Å²) >= 11 is 11.8. The van der Waals surface area contributed by atoms with Crippen molar-refractivity contribution in [3.05, 3.63) is 33.3 Å². The molecule has 1 aromatic carbocycles. The number of thioether (sulfide) groups is 1. The summed E-state index contributed by atoms with van der Waals surface area (Å²) in [4.78, 5) is 0. The van der Waals surface area contributed by atoms with Crippen LogP contribution in [0.4, 0.5) is 0 Å². The Labute approximate surface area is 132 Å². The van der Waals surface area contributed by atoms with Crippen LogP contribution >= 0.6 is 39.3 Å². The van der Waals surface area contributed by atoms with E-state index in [0.717, 1.165) is 33.8 Å². The van der Waals surface area contributed by atoms with Crippen LogP contribution < -0.4 is 11.3 Å². The lowest BCUT2D eigenvalue weighted by atomic mass is 9.91. The highest BCUT2D eigenvalue weighted by molar-refractivity contribution is 9.10. The molecule has 1 unspecified atom stereocenters. The molecule has 1 aliphatic rings. The fourth-order valence-electron chi connectivity index (χ4n) is 2.55. The molecule has 1 aliphatic heterocycles. The van der Waals surface area contributed by atoms with Crippen molar-refractivity contribution in [2.45, 2.75) is 31.7 Å². The molecule has 0 radical (unpaired) electrons. The highest BCUT2D eigenvalue weighted by Gasteiger charge is 2.19. The van der Waals surface area contributed by atoms with E-state index in [1.165, 1.54) is 24.3 Å². The maximum absolute atomic E-state index is 6.27. The summed E-state index contributed by atoms with van der Waals surface area (Å²) in [5.41, 5.74) is 4.13. The topological polar surface area (TPSA) is 38.0 Å². The number of benzene rings is 1. The number of hydrazine groups is 1. The lowest BCUT2D eigenvalue weighted by Gasteiger charge is -2.26. The van der Waals surface area contributed by atoms with Gasteiger partial charge in [-0.2, -0.15) is 11.8 Å². The summed E-state index contributed by atoms with van der Waals surface area (Å²) in [5.74, 6) is 9.10. The second-order valence-corrected chi connectivity index (χ2v) is 7.64. The second kappa shape index (κ2) is 7.89. The summed E-state index contributed by atoms with van der Waals surface area (Å²) in [5, 5.41) is 0.814. The quantitative estimate of drug-likeness (QED) is 0.613. The first-order chi connectivity index (χ1) is 9.19. The van der Waals surface area contributed by atoms with Gasteiger partial charge in [0.15, 0.2) is 0 Å². The van der Waals surface area contributed by atoms with Crippen LogP contribution in [0.2, 0.25) is 5.02 Å². The Morgan fingerprint density at radius 1 is 1.42 bits per heavy atom. The lowest BCUT2D eigenvalue weighted by molar-refractivity contribution is 0.366. The smallest absolute Gasteiger partial charge is 0.0449 e. The molecule has 0 aromatic heterocycles. The van der Waals surface area contributed by atoms with E-state index in [0.29, 0.717) is 6.04 Å². The van der Waals surface area contributed by atoms with Crippen LogP contribution in [0.25, 0.3) is 0 Å². The van der Waals surface area contributed by atoms with E-state index in [-0.39, 0.29) is 0 Å². The lowest BCUT2D eigenvalue weighted by Crippen LogP contribution is -2.38. The first-order valence-electron chi connectivity index (χ1n) is 6.67. The van der Waals surface area contributed by atoms with Gasteiger partial charge in [0.05, 0.1) is 0 Å². The van der Waals surface area contributed by atoms with Crippen LogP contribution in [0.5, 0.6) is 0 Å². The largest absolute Gasteiger partial charge is 0.271 e. The second-order valence-electron chi connectivity index (χ2n) is 5.09. The van der Waals surface area contributed by atoms with Gasteiger partial charge in [0.1, 0.15) is 0 Å². The van der Waals surface area contributed by atoms with Crippen LogP contribution in [0, 0.1) is 5.92 Å². The fraction of sp³-hybridized carbons (Fsp3) is 0.571. The van der Waals surface area contributed by atoms with Crippen molar-refractivity contribution in [3.8, 4) is 0 Å². The number of nitrogens with two attached hydrogens (primary N) is 1. The number of nitrogens with one attached hydrogen (secondary N) is 1. The zero-order valence-electron chi connectivity index (χ0n) is 10.9. The van der Waals surface area contributed by atoms with E-state index in [1.54, 1.807) is 0 Å². The van der Waals surface area contributed by atoms with Crippen molar-refractivity contribution in [1.82, 2.24) is 5.43 Å². The van der Waals surface area contributed by atoms with E-state index >= 15 is 0 Å². The number of rotatable bonds is 5. The van der Waals surface area contributed by atoms with Gasteiger partial charge in [-0.15, -0.1) is 0 Å². The molecule has 1 atom stereocenters. The third-order valence-corrected chi connectivity index (χ3v) is 5.57. The molecule has 0 bridgehead atoms. The monoisotopic (exact) mass is 362 g/mol. The summed E-state index contributed by atoms with van der Waals surface area (Å²) in [7, 11) is 0. The minimum atomic E-state index is 0.312. The minimum absolute atomic E-state index is 0.312. The van der Waals surface area contributed by atoms with Gasteiger partial charge in [0, 0.05) is 15.5 Å². The van der Waals surface area contributed by atoms with Crippen molar-refractivity contribution in [1.29, 1.82) is 0 Å². The summed E-state index contributed by atoms with van der Waals surface area (Å²) < 4.78 is 1.02. The van der Waals surface area contributed by atoms with Gasteiger partial charge < -0.3 is 0 Å². The Balaban J connectivity index is 1.94. The molecule has 1 saturated heterocycles. The zero-order valence-corrected chi connectivity index (χ0v) is 14.0. The molecule has 2 nitrogen and oxygen atoms in total. The first kappa shape index (κ1) is 15.6. The average molecular weight is 364 g/mol. The van der Waals surface area contributed by atoms with Gasteiger partial charge in [-0.1, -0.05) is 33.6 Å². The molecule has 0 spiro atoms. The van der Waals surface area contributed by atoms with E-state index in [2.05, 4.69) is 39.2 Å². The molecule has 3 N–H and O–H groups in total. The zero-order chi connectivity index (χ0) is 13.7. The van der Waals surface area contributed by atoms with Gasteiger partial charge in [-0.05, 0) is 60.8 Å². The molecule has 19 heavy (non-hydrogen) atoms. The fourth-order valence-corrected chi connectivity index (χ4v) is 4.50. The normalized spacial score (nSPS) is 18.5. The van der Waals surface area contributed by atoms with Crippen LogP contribution in [-0.2, 0) is 6.42 Å². The van der Waals surface area contributed by atoms with Crippen molar-refractivity contribution in [2.24, 2.45) is 11.8 Å². The Bertz CT molecular complexity index is 410. The molecule has 0 amide bonds. The number of hydrogen-bond acceptors (Lipinski definition) is 3. The standard InChI is InChI=1S/C14H20BrClN2S/c15-12-2-1-11(14(16)9-12)8-13(18-17)7-10-3-5-19-6-4-10/h1-2,9-10,13,18H,3-8,17H2. The summed E-state index contributed by atoms with van der Waals surface area (Å²) in [6.45, 7) is 0. The Morgan fingerprint density at radius 3 is 2.79 bits per heavy atom. The molecule has 1 fully saturated rings. The minimum Gasteiger partial charge on any atom is -0.271 e. The Kier molecular flexibility index (Phi) is 6.50. The summed E-state index contributed by atoms with van der Waals surface area (Å²) in [6.07, 6.45) is 4.67. The number of halogens is 2. The van der Waals surface area contributed by atoms with Crippen molar-refractivity contribution in [2.75, 3.05) is 11.5 Å². The third-order valence-electron chi connectivity index (χ3n) is 3.68. The van der Waals surface area contributed by atoms with Gasteiger partial charge in [0.2, 0.25) is 0 Å². The third kappa shape index (κ3) is 4.94. The highest BCUT2D eigenvalue weighted by atomic mass is 79.9. The molecular weight excluding hydrogens is 344 g/mol. The van der Waals surface area contributed by atoms with Gasteiger partial charge in [-0.3, -0.25) is 11.3 Å². The van der Waals surface area contributed by atoms with Crippen LogP contribution in [0.3, 0.4) is 0 Å². The van der Waals surface area contributed by atoms with Crippen molar-refractivity contribution in [3.63, 3.8) is 0 Å². The van der Waals surface area contributed by atoms with Gasteiger partial charge in [-0.25, -0.2) is 0 Å². The maximum Gasteiger partial charge on any atom is 0.0449 e. The molecule has 0 aliphatic carbocycles. The van der Waals surface area contributed by atoms with Crippen molar-refractivity contribution < 1.29 is 0 Å². The molecule has 1 heterocycles. The van der Waals surface area contributed by atoms with E-state index in [1.807, 2.05) is 12.1 Å². The molecular formula is C14H20BrClN2S. The van der Waals surface area contributed by atoms with E-state index < -0.39 is 0 Å². The summed E-state index contributed by atoms with van der Waals surface area (Å²) in [6, 6.07) is 6.37. The molecule has 1 aromatic rings. The van der Waals surface area contributed by atoms with Crippen LogP contribution in [0.1, 0.15) is 24.8 Å². The maximum atomic E-state index is 6.27. The first-order valence-corrected chi connectivity index (χ1v) is 8.99.